The molecule has 0 spiro atoms. The lowest BCUT2D eigenvalue weighted by Gasteiger charge is -2.18. The number of hydrogen-bond acceptors (Lipinski definition) is 2. The van der Waals surface area contributed by atoms with Gasteiger partial charge in [0.05, 0.1) is 5.69 Å². The molecule has 1 heterocycles. The van der Waals surface area contributed by atoms with E-state index in [9.17, 15) is 4.79 Å². The van der Waals surface area contributed by atoms with Crippen molar-refractivity contribution in [2.45, 2.75) is 41.2 Å². The third-order valence-electron chi connectivity index (χ3n) is 3.19. The Bertz CT molecular complexity index is 573. The second-order valence-corrected chi connectivity index (χ2v) is 6.37. The lowest BCUT2D eigenvalue weighted by molar-refractivity contribution is -0.125. The molecule has 0 saturated carbocycles. The van der Waals surface area contributed by atoms with Crippen LogP contribution in [0.25, 0.3) is 6.08 Å². The fourth-order valence-electron chi connectivity index (χ4n) is 2.15. The van der Waals surface area contributed by atoms with E-state index in [1.807, 2.05) is 20.8 Å². The minimum atomic E-state index is -0.0439. The molecule has 0 radical (unpaired) electrons. The molecule has 0 aliphatic rings. The summed E-state index contributed by atoms with van der Waals surface area (Å²) in [4.78, 5) is 14.0. The molecular weight excluding hydrogens is 298 g/mol. The van der Waals surface area contributed by atoms with Crippen molar-refractivity contribution >= 4 is 23.6 Å². The molecule has 0 unspecified atom stereocenters. The number of aromatic nitrogens is 2. The minimum absolute atomic E-state index is 0.0439. The molecular formula is C17H26ClN3O. The number of aryl methyl sites for hydroxylation is 1. The first kappa shape index (κ1) is 18.5. The van der Waals surface area contributed by atoms with E-state index in [4.69, 9.17) is 11.6 Å². The zero-order valence-electron chi connectivity index (χ0n) is 14.2. The van der Waals surface area contributed by atoms with Gasteiger partial charge in [-0.25, -0.2) is 0 Å². The molecule has 0 saturated heterocycles. The van der Waals surface area contributed by atoms with Crippen LogP contribution < -0.4 is 0 Å². The summed E-state index contributed by atoms with van der Waals surface area (Å²) in [6.07, 6.45) is 3.31. The molecule has 1 amide bonds. The van der Waals surface area contributed by atoms with Gasteiger partial charge in [0.15, 0.2) is 0 Å². The summed E-state index contributed by atoms with van der Waals surface area (Å²) in [5.41, 5.74) is 2.60. The SMILES string of the molecule is C=C(C)CN(CC)C(=O)C=Cc1c(C)nn(CC(C)C)c1Cl. The summed E-state index contributed by atoms with van der Waals surface area (Å²) in [5, 5.41) is 5.02. The summed E-state index contributed by atoms with van der Waals surface area (Å²) in [7, 11) is 0. The highest BCUT2D eigenvalue weighted by Crippen LogP contribution is 2.22. The first-order valence-electron chi connectivity index (χ1n) is 7.60. The van der Waals surface area contributed by atoms with Crippen LogP contribution in [0.1, 0.15) is 39.0 Å². The maximum atomic E-state index is 12.2. The molecule has 0 fully saturated rings. The van der Waals surface area contributed by atoms with E-state index >= 15 is 0 Å². The van der Waals surface area contributed by atoms with Crippen LogP contribution in [0.15, 0.2) is 18.2 Å². The third-order valence-corrected chi connectivity index (χ3v) is 3.59. The molecule has 0 aliphatic heterocycles. The van der Waals surface area contributed by atoms with Crippen LogP contribution in [0.2, 0.25) is 5.15 Å². The third kappa shape index (κ3) is 5.02. The summed E-state index contributed by atoms with van der Waals surface area (Å²) in [6, 6.07) is 0. The summed E-state index contributed by atoms with van der Waals surface area (Å²) >= 11 is 6.37. The monoisotopic (exact) mass is 323 g/mol. The number of halogens is 1. The van der Waals surface area contributed by atoms with Gasteiger partial charge in [-0.1, -0.05) is 37.6 Å². The van der Waals surface area contributed by atoms with Gasteiger partial charge >= 0.3 is 0 Å². The maximum Gasteiger partial charge on any atom is 0.246 e. The van der Waals surface area contributed by atoms with Crippen LogP contribution >= 0.6 is 11.6 Å². The first-order valence-corrected chi connectivity index (χ1v) is 7.98. The molecule has 0 atom stereocenters. The highest BCUT2D eigenvalue weighted by Gasteiger charge is 2.13. The zero-order valence-corrected chi connectivity index (χ0v) is 14.9. The molecule has 1 rings (SSSR count). The van der Waals surface area contributed by atoms with Gasteiger partial charge in [-0.05, 0) is 32.8 Å². The molecule has 1 aromatic heterocycles. The predicted molar refractivity (Wildman–Crippen MR) is 92.9 cm³/mol. The highest BCUT2D eigenvalue weighted by atomic mass is 35.5. The second kappa shape index (κ2) is 8.18. The quantitative estimate of drug-likeness (QED) is 0.563. The van der Waals surface area contributed by atoms with E-state index in [1.165, 1.54) is 0 Å². The molecule has 122 valence electrons. The second-order valence-electron chi connectivity index (χ2n) is 6.01. The van der Waals surface area contributed by atoms with Crippen LogP contribution in [0.4, 0.5) is 0 Å². The van der Waals surface area contributed by atoms with Crippen molar-refractivity contribution in [3.8, 4) is 0 Å². The molecule has 1 aromatic rings. The van der Waals surface area contributed by atoms with Crippen molar-refractivity contribution in [1.29, 1.82) is 0 Å². The van der Waals surface area contributed by atoms with Gasteiger partial charge in [-0.15, -0.1) is 0 Å². The fraction of sp³-hybridized carbons (Fsp3) is 0.529. The lowest BCUT2D eigenvalue weighted by atomic mass is 10.2. The Labute approximate surface area is 138 Å². The van der Waals surface area contributed by atoms with Gasteiger partial charge in [-0.2, -0.15) is 5.10 Å². The van der Waals surface area contributed by atoms with E-state index in [2.05, 4.69) is 25.5 Å². The number of carbonyl (C=O) groups is 1. The van der Waals surface area contributed by atoms with Gasteiger partial charge < -0.3 is 4.90 Å². The van der Waals surface area contributed by atoms with E-state index in [-0.39, 0.29) is 5.91 Å². The van der Waals surface area contributed by atoms with E-state index < -0.39 is 0 Å². The Kier molecular flexibility index (Phi) is 6.88. The predicted octanol–water partition coefficient (Wildman–Crippen LogP) is 3.94. The Balaban J connectivity index is 2.91. The molecule has 4 nitrogen and oxygen atoms in total. The Morgan fingerprint density at radius 2 is 2.14 bits per heavy atom. The van der Waals surface area contributed by atoms with Crippen molar-refractivity contribution in [2.75, 3.05) is 13.1 Å². The highest BCUT2D eigenvalue weighted by molar-refractivity contribution is 6.31. The van der Waals surface area contributed by atoms with Gasteiger partial charge in [0, 0.05) is 31.3 Å². The molecule has 5 heteroatoms. The fourth-order valence-corrected chi connectivity index (χ4v) is 2.46. The van der Waals surface area contributed by atoms with Crippen LogP contribution in [0.5, 0.6) is 0 Å². The van der Waals surface area contributed by atoms with E-state index in [1.54, 1.807) is 21.7 Å². The van der Waals surface area contributed by atoms with E-state index in [0.717, 1.165) is 23.4 Å². The molecule has 0 N–H and O–H groups in total. The van der Waals surface area contributed by atoms with Crippen molar-refractivity contribution in [3.63, 3.8) is 0 Å². The summed E-state index contributed by atoms with van der Waals surface area (Å²) in [5.74, 6) is 0.416. The average Bonchev–Trinajstić information content (AvgIpc) is 2.67. The number of likely N-dealkylation sites (N-methyl/N-ethyl adjacent to an activating group) is 1. The Morgan fingerprint density at radius 3 is 2.64 bits per heavy atom. The summed E-state index contributed by atoms with van der Waals surface area (Å²) < 4.78 is 1.79. The number of rotatable bonds is 7. The number of amides is 1. The van der Waals surface area contributed by atoms with Crippen LogP contribution in [-0.4, -0.2) is 33.7 Å². The Hall–Kier alpha value is -1.55. The van der Waals surface area contributed by atoms with Gasteiger partial charge in [0.25, 0.3) is 0 Å². The van der Waals surface area contributed by atoms with Gasteiger partial charge in [0.2, 0.25) is 5.91 Å². The molecule has 0 aromatic carbocycles. The van der Waals surface area contributed by atoms with Crippen LogP contribution in [0.3, 0.4) is 0 Å². The van der Waals surface area contributed by atoms with Crippen molar-refractivity contribution in [2.24, 2.45) is 5.92 Å². The smallest absolute Gasteiger partial charge is 0.246 e. The van der Waals surface area contributed by atoms with Crippen LogP contribution in [-0.2, 0) is 11.3 Å². The van der Waals surface area contributed by atoms with Crippen LogP contribution in [0, 0.1) is 12.8 Å². The van der Waals surface area contributed by atoms with Gasteiger partial charge in [0.1, 0.15) is 5.15 Å². The van der Waals surface area contributed by atoms with Crippen molar-refractivity contribution in [3.05, 3.63) is 34.6 Å². The minimum Gasteiger partial charge on any atom is -0.335 e. The van der Waals surface area contributed by atoms with Gasteiger partial charge in [-0.3, -0.25) is 9.48 Å². The summed E-state index contributed by atoms with van der Waals surface area (Å²) in [6.45, 7) is 15.8. The van der Waals surface area contributed by atoms with E-state index in [0.29, 0.717) is 24.2 Å². The maximum absolute atomic E-state index is 12.2. The standard InChI is InChI=1S/C17H26ClN3O/c1-7-20(10-12(2)3)16(22)9-8-15-14(6)19-21(17(15)18)11-13(4)5/h8-9,13H,2,7,10-11H2,1,3-6H3. The number of nitrogens with zero attached hydrogens (tertiary/aromatic N) is 3. The number of hydrogen-bond donors (Lipinski definition) is 0. The van der Waals surface area contributed by atoms with Crippen molar-refractivity contribution in [1.82, 2.24) is 14.7 Å². The topological polar surface area (TPSA) is 38.1 Å². The molecule has 0 aliphatic carbocycles. The Morgan fingerprint density at radius 1 is 1.50 bits per heavy atom. The largest absolute Gasteiger partial charge is 0.335 e. The molecule has 0 bridgehead atoms. The normalized spacial score (nSPS) is 11.4. The zero-order chi connectivity index (χ0) is 16.9. The average molecular weight is 324 g/mol. The number of carbonyl (C=O) groups excluding carboxylic acids is 1. The molecule has 22 heavy (non-hydrogen) atoms. The first-order chi connectivity index (χ1) is 10.3. The van der Waals surface area contributed by atoms with Crippen molar-refractivity contribution < 1.29 is 4.79 Å². The lowest BCUT2D eigenvalue weighted by Crippen LogP contribution is -2.30.